The van der Waals surface area contributed by atoms with Crippen LogP contribution in [0, 0.1) is 0 Å². The molecule has 6 aromatic heterocycles. The number of rotatable bonds is 14. The van der Waals surface area contributed by atoms with Crippen LogP contribution in [0.5, 0.6) is 0 Å². The molecule has 0 saturated carbocycles. The Labute approximate surface area is 879 Å². The minimum Gasteiger partial charge on any atom is -0.254 e. The molecule has 0 radical (unpaired) electrons. The molecule has 26 aromatic rings. The lowest BCUT2D eigenvalue weighted by molar-refractivity contribution is 1.37. The zero-order valence-electron chi connectivity index (χ0n) is 136. The van der Waals surface area contributed by atoms with Gasteiger partial charge in [0.15, 0.2) is 0 Å². The Kier molecular flexibility index (Phi) is 9.09. The van der Waals surface area contributed by atoms with E-state index in [1.54, 1.807) is 12.1 Å². The predicted molar refractivity (Wildman–Crippen MR) is 571 cm³/mol. The zero-order chi connectivity index (χ0) is 148. The number of aromatic nitrogens is 4. The summed E-state index contributed by atoms with van der Waals surface area (Å²) >= 11 is 0.526. The van der Waals surface area contributed by atoms with Crippen LogP contribution in [0.4, 0.5) is 0 Å². The van der Waals surface area contributed by atoms with Crippen molar-refractivity contribution in [1.82, 2.24) is 19.9 Å². The monoisotopic (exact) mass is 1810 g/mol. The van der Waals surface area contributed by atoms with E-state index in [-0.39, 0.29) is 121 Å². The highest BCUT2D eigenvalue weighted by Crippen LogP contribution is 2.59. The first-order valence-corrected chi connectivity index (χ1v) is 41.7. The molecule has 0 aliphatic rings. The summed E-state index contributed by atoms with van der Waals surface area (Å²) < 4.78 is 627. The summed E-state index contributed by atoms with van der Waals surface area (Å²) in [7, 11) is 0. The first-order valence-electron chi connectivity index (χ1n) is 74.1. The molecule has 0 aliphatic carbocycles. The summed E-state index contributed by atoms with van der Waals surface area (Å²) in [6, 6.07) is -45.5. The molecule has 134 heavy (non-hydrogen) atoms. The minimum absolute atomic E-state index is 0.0606. The Hall–Kier alpha value is -17.0. The molecule has 6 heterocycles. The van der Waals surface area contributed by atoms with Gasteiger partial charge in [-0.05, 0) is 173 Å². The van der Waals surface area contributed by atoms with E-state index in [1.165, 1.54) is 60.7 Å². The second-order valence-corrected chi connectivity index (χ2v) is 31.2. The van der Waals surface area contributed by atoms with Crippen LogP contribution in [0.15, 0.2) is 484 Å². The van der Waals surface area contributed by atoms with E-state index in [4.69, 9.17) is 55.2 Å². The second-order valence-electron chi connectivity index (χ2n) is 29.2. The Morgan fingerprint density at radius 3 is 0.821 bits per heavy atom. The predicted octanol–water partition coefficient (Wildman–Crippen LogP) is 35.9. The fraction of sp³-hybridized carbons (Fsp3) is 0. The summed E-state index contributed by atoms with van der Waals surface area (Å²) in [4.78, 5) is 14.9. The van der Waals surface area contributed by atoms with Gasteiger partial charge in [-0.1, -0.05) is 441 Å². The molecule has 0 bridgehead atoms. The van der Waals surface area contributed by atoms with Gasteiger partial charge in [0.05, 0.1) is 127 Å². The lowest BCUT2D eigenvalue weighted by Gasteiger charge is -2.18. The maximum absolute atomic E-state index is 10.5. The first-order chi connectivity index (χ1) is 94.8. The van der Waals surface area contributed by atoms with Crippen LogP contribution in [0.2, 0.25) is 0 Å². The average Bonchev–Trinajstić information content (AvgIpc) is 1.40. The average molecular weight is 1810 g/mol. The van der Waals surface area contributed by atoms with Crippen molar-refractivity contribution in [2.45, 2.75) is 0 Å². The van der Waals surface area contributed by atoms with Crippen molar-refractivity contribution in [3.63, 3.8) is 0 Å². The largest absolute Gasteiger partial charge is 0.254 e. The smallest absolute Gasteiger partial charge is 0.0972 e. The number of fused-ring (bicyclic) bond motifs is 12. The summed E-state index contributed by atoms with van der Waals surface area (Å²) in [6.07, 6.45) is -1.37. The Bertz CT molecular complexity index is 13200. The van der Waals surface area contributed by atoms with Crippen LogP contribution in [-0.4, -0.2) is 19.9 Å². The number of thiophene rings is 2. The maximum atomic E-state index is 10.5. The summed E-state index contributed by atoms with van der Waals surface area (Å²) in [5.41, 5.74) is -15.8. The van der Waals surface area contributed by atoms with Gasteiger partial charge in [0.2, 0.25) is 0 Å². The van der Waals surface area contributed by atoms with Gasteiger partial charge in [-0.3, -0.25) is 9.97 Å². The Morgan fingerprint density at radius 1 is 0.172 bits per heavy atom. The quantitative estimate of drug-likeness (QED) is 0.0804. The van der Waals surface area contributed by atoms with E-state index in [0.717, 1.165) is 0 Å². The molecule has 26 rings (SSSR count). The molecule has 0 aliphatic heterocycles. The number of pyridine rings is 4. The molecule has 0 unspecified atom stereocenters. The fourth-order valence-corrected chi connectivity index (χ4v) is 19.1. The van der Waals surface area contributed by atoms with Crippen LogP contribution < -0.4 is 0 Å². The summed E-state index contributed by atoms with van der Waals surface area (Å²) in [5.74, 6) is 0. The van der Waals surface area contributed by atoms with Gasteiger partial charge < -0.3 is 0 Å². The van der Waals surface area contributed by atoms with Crippen LogP contribution in [0.3, 0.4) is 0 Å². The Morgan fingerprint density at radius 2 is 0.440 bits per heavy atom. The van der Waals surface area contributed by atoms with E-state index in [0.29, 0.717) is 0 Å². The van der Waals surface area contributed by atoms with Gasteiger partial charge in [-0.2, -0.15) is 0 Å². The van der Waals surface area contributed by atoms with Gasteiger partial charge in [0.25, 0.3) is 0 Å². The normalized spacial score (nSPS) is 18.7. The van der Waals surface area contributed by atoms with Crippen molar-refractivity contribution < 1.29 is 93.2 Å². The molecular formula is C128H80N4S2. The SMILES string of the molecule is [2H]c1nc2c(c([2H])c1[2H])c([2H])c([2H])c1c([2H])c([2H])c(-c3ccc(-c4c([2H])c([2H])c(-c5c(-c6c([2H])c([2H])c([2H])c([2H])c6[2H])sc(-c6c7c([2H])c([2H])c([2H])c([2H])c7c(-c7c([2H])c([2H])c([2H])c([2H])c7[2H])c7c([2H])c([2H])c([2H])c([2H])c67)c5-c5c([2H])c([2H])c([2H])c([2H])c5[2H])c([2H])c4[2H])c4ccccc34)nc12.[2H]c1nc2c(c([2H])c1[2H])c([2H])c([2H])c1c([2H])c([2H])c(-c3ccc(-c4c([2H])c([2H])c([2H])c(-c5sc(-c6c7c([2H])c([2H])c([2H])c([2H])c7c(-c7c([2H])c([2H])c([2H])c([2H])c7[2H])c7c([2H])c([2H])c([2H])c([2H])c67)c(-c6c([2H])c([2H])c([2H])c([2H])c6[2H])c5-c5c([2H])c([2H])c([2H])c([2H])c5[2H])c4[2H])c4ccccc34)nc12. The summed E-state index contributed by atoms with van der Waals surface area (Å²) in [5, 5.41) is -7.10. The molecule has 0 N–H and O–H groups in total. The Balaban J connectivity index is 0.000000195. The first kappa shape index (κ1) is 36.0. The summed E-state index contributed by atoms with van der Waals surface area (Å²) in [6.45, 7) is 0. The van der Waals surface area contributed by atoms with Crippen molar-refractivity contribution in [1.29, 1.82) is 0 Å². The van der Waals surface area contributed by atoms with E-state index in [9.17, 15) is 48.0 Å². The standard InChI is InChI=1S/2C64H40N2S/c1-4-18-41(19-5-1)57-52-29-12-14-31-54(52)60(55-32-15-13-30-53(55)57)64-59(43-22-8-3-9-23-43)58(42-20-6-2-7-21-42)63(67-64)47-25-16-24-46(40-47)48-36-37-51(50-28-11-10-27-49(48)50)56-38-35-45-34-33-44-26-17-39-65-61(44)62(45)66-56;1-4-17-42(18-5-1)57-52-26-12-14-28-54(52)60(55-29-15-13-27-53(55)57)64-59(43-19-6-2-7-20-43)58(63(67-64)47-21-8-3-9-22-47)44-32-30-41(31-33-44)48-37-38-51(50-25-11-10-24-49(48)50)56-39-36-46-35-34-45-23-16-40-65-61(45)62(46)66-56/h2*1-40H/i1D,2D,3D,4D,5D,6D,7D,8D,9D,12D,13D,14D,15D,16D,17D,18D,19D,20D,21D,22D,23D,24D,25D,26D,29D,30D,31D,32D,33D,34D,35D,38D,39D,40D;1D,2D,3D,4D,5D,6D,7D,8D,9D,12D,13D,14D,15D,16D,17D,18D,19D,20D,21D,22D,23D,26D,27D,28D,29D,30D,31D,32D,33D,34D,35D,36D,39D,40D. The van der Waals surface area contributed by atoms with Gasteiger partial charge >= 0.3 is 0 Å². The van der Waals surface area contributed by atoms with Crippen molar-refractivity contribution in [3.05, 3.63) is 484 Å². The van der Waals surface area contributed by atoms with Crippen molar-refractivity contribution >= 4 is 131 Å². The van der Waals surface area contributed by atoms with E-state index in [1.807, 2.05) is 0 Å². The molecule has 4 nitrogen and oxygen atoms in total. The van der Waals surface area contributed by atoms with Gasteiger partial charge in [-0.25, -0.2) is 9.97 Å². The van der Waals surface area contributed by atoms with Crippen LogP contribution in [0.25, 0.3) is 262 Å². The topological polar surface area (TPSA) is 51.6 Å². The fourth-order valence-electron chi connectivity index (χ4n) is 16.5. The molecule has 0 spiro atoms. The highest BCUT2D eigenvalue weighted by molar-refractivity contribution is 7.21. The molecular weight excluding hydrogens is 1660 g/mol. The maximum Gasteiger partial charge on any atom is 0.0972 e. The van der Waals surface area contributed by atoms with Crippen LogP contribution in [0.1, 0.15) is 93.2 Å². The third kappa shape index (κ3) is 13.8. The third-order valence-electron chi connectivity index (χ3n) is 22.0. The molecule has 0 amide bonds. The number of benzene rings is 20. The second kappa shape index (κ2) is 33.8. The third-order valence-corrected chi connectivity index (χ3v) is 24.5. The minimum atomic E-state index is -1.11. The number of hydrogen-bond donors (Lipinski definition) is 0. The van der Waals surface area contributed by atoms with Crippen LogP contribution in [-0.2, 0) is 0 Å². The highest BCUT2D eigenvalue weighted by atomic mass is 32.1. The number of nitrogens with zero attached hydrogens (tertiary/aromatic N) is 4. The molecule has 0 saturated heterocycles. The molecule has 0 fully saturated rings. The van der Waals surface area contributed by atoms with Crippen molar-refractivity contribution in [2.75, 3.05) is 0 Å². The van der Waals surface area contributed by atoms with Crippen LogP contribution >= 0.6 is 22.7 Å². The van der Waals surface area contributed by atoms with E-state index >= 15 is 0 Å². The van der Waals surface area contributed by atoms with E-state index < -0.39 is 574 Å². The highest BCUT2D eigenvalue weighted by Gasteiger charge is 2.31. The van der Waals surface area contributed by atoms with Crippen molar-refractivity contribution in [2.24, 2.45) is 0 Å². The van der Waals surface area contributed by atoms with Gasteiger partial charge in [-0.15, -0.1) is 22.7 Å². The molecule has 6 heteroatoms. The van der Waals surface area contributed by atoms with Crippen molar-refractivity contribution in [3.8, 4) is 153 Å². The molecule has 624 valence electrons. The van der Waals surface area contributed by atoms with E-state index in [2.05, 4.69) is 9.97 Å². The van der Waals surface area contributed by atoms with Gasteiger partial charge in [0, 0.05) is 97.9 Å². The zero-order valence-corrected chi connectivity index (χ0v) is 69.2. The van der Waals surface area contributed by atoms with Gasteiger partial charge in [0.1, 0.15) is 0 Å². The lowest BCUT2D eigenvalue weighted by Crippen LogP contribution is -1.92. The molecule has 20 aromatic carbocycles. The lowest BCUT2D eigenvalue weighted by atomic mass is 9.85. The number of hydrogen-bond acceptors (Lipinski definition) is 6. The molecule has 0 atom stereocenters.